The summed E-state index contributed by atoms with van der Waals surface area (Å²) in [6, 6.07) is 5.95. The van der Waals surface area contributed by atoms with Crippen LogP contribution in [0.4, 0.5) is 4.39 Å². The number of carbonyl (C=O) groups excluding carboxylic acids is 1. The largest absolute Gasteiger partial charge is 0.496 e. The smallest absolute Gasteiger partial charge is 0.180 e. The minimum atomic E-state index is -0.475. The molecule has 0 aliphatic rings. The molecule has 0 aromatic heterocycles. The quantitative estimate of drug-likeness (QED) is 0.738. The number of hydrogen-bond donors (Lipinski definition) is 0. The van der Waals surface area contributed by atoms with Crippen molar-refractivity contribution in [2.75, 3.05) is 27.2 Å². The molecule has 0 saturated carbocycles. The molecule has 1 rings (SSSR count). The molecular weight excluding hydrogens is 247 g/mol. The van der Waals surface area contributed by atoms with Crippen molar-refractivity contribution in [3.8, 4) is 11.8 Å². The van der Waals surface area contributed by atoms with E-state index in [0.717, 1.165) is 0 Å². The number of carbonyl (C=O) groups is 1. The molecule has 0 radical (unpaired) electrons. The highest BCUT2D eigenvalue weighted by Gasteiger charge is 2.16. The third kappa shape index (κ3) is 4.34. The van der Waals surface area contributed by atoms with E-state index < -0.39 is 5.82 Å². The van der Waals surface area contributed by atoms with Crippen molar-refractivity contribution >= 4 is 5.78 Å². The molecule has 0 fully saturated rings. The standard InChI is InChI=1S/C14H17FN2O2/c1-10(7-16)8-17(2)9-13(18)12-6-11(15)4-5-14(12)19-3/h4-6,10H,8-9H2,1-3H3. The molecule has 0 amide bonds. The van der Waals surface area contributed by atoms with Crippen LogP contribution in [0.15, 0.2) is 18.2 Å². The second-order valence-electron chi connectivity index (χ2n) is 4.49. The molecule has 0 aliphatic carbocycles. The van der Waals surface area contributed by atoms with Crippen LogP contribution in [0.5, 0.6) is 5.75 Å². The number of nitrogens with zero attached hydrogens (tertiary/aromatic N) is 2. The first kappa shape index (κ1) is 15.1. The lowest BCUT2D eigenvalue weighted by Gasteiger charge is -2.17. The summed E-state index contributed by atoms with van der Waals surface area (Å²) >= 11 is 0. The Morgan fingerprint density at radius 2 is 2.26 bits per heavy atom. The van der Waals surface area contributed by atoms with Crippen LogP contribution in [-0.4, -0.2) is 37.9 Å². The number of rotatable bonds is 6. The molecule has 102 valence electrons. The number of likely N-dealkylation sites (N-methyl/N-ethyl adjacent to an activating group) is 1. The summed E-state index contributed by atoms with van der Waals surface area (Å²) < 4.78 is 18.2. The Morgan fingerprint density at radius 1 is 1.58 bits per heavy atom. The Bertz CT molecular complexity index is 497. The highest BCUT2D eigenvalue weighted by molar-refractivity contribution is 6.00. The van der Waals surface area contributed by atoms with Gasteiger partial charge in [0.05, 0.1) is 31.2 Å². The Morgan fingerprint density at radius 3 is 2.84 bits per heavy atom. The van der Waals surface area contributed by atoms with Gasteiger partial charge in [0, 0.05) is 6.54 Å². The van der Waals surface area contributed by atoms with Crippen LogP contribution in [0.1, 0.15) is 17.3 Å². The van der Waals surface area contributed by atoms with Crippen molar-refractivity contribution in [3.05, 3.63) is 29.6 Å². The molecule has 1 aromatic rings. The molecule has 1 atom stereocenters. The fraction of sp³-hybridized carbons (Fsp3) is 0.429. The van der Waals surface area contributed by atoms with E-state index in [1.54, 1.807) is 18.9 Å². The molecule has 0 saturated heterocycles. The van der Waals surface area contributed by atoms with Gasteiger partial charge in [-0.25, -0.2) is 4.39 Å². The second-order valence-corrected chi connectivity index (χ2v) is 4.49. The van der Waals surface area contributed by atoms with E-state index in [1.165, 1.54) is 25.3 Å². The van der Waals surface area contributed by atoms with E-state index in [4.69, 9.17) is 10.00 Å². The Labute approximate surface area is 112 Å². The summed E-state index contributed by atoms with van der Waals surface area (Å²) in [5.41, 5.74) is 0.221. The number of methoxy groups -OCH3 is 1. The first-order valence-electron chi connectivity index (χ1n) is 5.92. The zero-order chi connectivity index (χ0) is 14.4. The maximum atomic E-state index is 13.2. The zero-order valence-corrected chi connectivity index (χ0v) is 11.3. The van der Waals surface area contributed by atoms with E-state index in [9.17, 15) is 9.18 Å². The number of hydrogen-bond acceptors (Lipinski definition) is 4. The Hall–Kier alpha value is -1.93. The molecule has 4 nitrogen and oxygen atoms in total. The minimum Gasteiger partial charge on any atom is -0.496 e. The van der Waals surface area contributed by atoms with Gasteiger partial charge in [-0.2, -0.15) is 5.26 Å². The van der Waals surface area contributed by atoms with Gasteiger partial charge in [-0.15, -0.1) is 0 Å². The highest BCUT2D eigenvalue weighted by Crippen LogP contribution is 2.20. The van der Waals surface area contributed by atoms with Crippen LogP contribution in [0.2, 0.25) is 0 Å². The fourth-order valence-electron chi connectivity index (χ4n) is 1.80. The summed E-state index contributed by atoms with van der Waals surface area (Å²) in [5.74, 6) is -0.512. The van der Waals surface area contributed by atoms with Gasteiger partial charge in [-0.05, 0) is 32.2 Å². The van der Waals surface area contributed by atoms with Gasteiger partial charge in [0.1, 0.15) is 11.6 Å². The minimum absolute atomic E-state index is 0.117. The molecule has 0 bridgehead atoms. The maximum absolute atomic E-state index is 13.2. The predicted molar refractivity (Wildman–Crippen MR) is 69.6 cm³/mol. The second kappa shape index (κ2) is 6.86. The molecule has 0 spiro atoms. The van der Waals surface area contributed by atoms with Gasteiger partial charge < -0.3 is 4.74 Å². The van der Waals surface area contributed by atoms with Gasteiger partial charge in [0.25, 0.3) is 0 Å². The van der Waals surface area contributed by atoms with Crippen LogP contribution in [0, 0.1) is 23.1 Å². The Balaban J connectivity index is 2.78. The highest BCUT2D eigenvalue weighted by atomic mass is 19.1. The maximum Gasteiger partial charge on any atom is 0.180 e. The van der Waals surface area contributed by atoms with Crippen LogP contribution in [0.3, 0.4) is 0 Å². The summed E-state index contributed by atoms with van der Waals surface area (Å²) in [5, 5.41) is 8.72. The third-order valence-electron chi connectivity index (χ3n) is 2.68. The van der Waals surface area contributed by atoms with Gasteiger partial charge in [-0.3, -0.25) is 9.69 Å². The molecule has 5 heteroatoms. The van der Waals surface area contributed by atoms with Crippen LogP contribution in [0.25, 0.3) is 0 Å². The Kier molecular flexibility index (Phi) is 5.46. The van der Waals surface area contributed by atoms with Crippen molar-refractivity contribution in [2.24, 2.45) is 5.92 Å². The van der Waals surface area contributed by atoms with Gasteiger partial charge >= 0.3 is 0 Å². The molecule has 0 heterocycles. The van der Waals surface area contributed by atoms with Crippen LogP contribution in [-0.2, 0) is 0 Å². The summed E-state index contributed by atoms with van der Waals surface area (Å²) in [4.78, 5) is 13.8. The van der Waals surface area contributed by atoms with Gasteiger partial charge in [-0.1, -0.05) is 0 Å². The number of benzene rings is 1. The van der Waals surface area contributed by atoms with E-state index in [0.29, 0.717) is 12.3 Å². The molecule has 1 unspecified atom stereocenters. The third-order valence-corrected chi connectivity index (χ3v) is 2.68. The van der Waals surface area contributed by atoms with Crippen molar-refractivity contribution in [1.29, 1.82) is 5.26 Å². The van der Waals surface area contributed by atoms with Crippen LogP contribution < -0.4 is 4.74 Å². The monoisotopic (exact) mass is 264 g/mol. The number of ketones is 1. The van der Waals surface area contributed by atoms with Crippen molar-refractivity contribution in [2.45, 2.75) is 6.92 Å². The number of Topliss-reactive ketones (excluding diaryl/α,β-unsaturated/α-hetero) is 1. The normalized spacial score (nSPS) is 12.0. The fourth-order valence-corrected chi connectivity index (χ4v) is 1.80. The van der Waals surface area contributed by atoms with E-state index >= 15 is 0 Å². The summed E-state index contributed by atoms with van der Waals surface area (Å²) in [7, 11) is 3.18. The topological polar surface area (TPSA) is 53.3 Å². The number of halogens is 1. The molecular formula is C14H17FN2O2. The lowest BCUT2D eigenvalue weighted by atomic mass is 10.1. The van der Waals surface area contributed by atoms with Crippen molar-refractivity contribution in [3.63, 3.8) is 0 Å². The van der Waals surface area contributed by atoms with E-state index in [1.807, 2.05) is 0 Å². The predicted octanol–water partition coefficient (Wildman–Crippen LogP) is 2.11. The number of nitriles is 1. The lowest BCUT2D eigenvalue weighted by Crippen LogP contribution is -2.30. The van der Waals surface area contributed by atoms with Crippen molar-refractivity contribution in [1.82, 2.24) is 4.90 Å². The molecule has 0 N–H and O–H groups in total. The van der Waals surface area contributed by atoms with E-state index in [2.05, 4.69) is 6.07 Å². The van der Waals surface area contributed by atoms with Crippen molar-refractivity contribution < 1.29 is 13.9 Å². The average molecular weight is 264 g/mol. The summed E-state index contributed by atoms with van der Waals surface area (Å²) in [6.45, 7) is 2.38. The summed E-state index contributed by atoms with van der Waals surface area (Å²) in [6.07, 6.45) is 0. The number of ether oxygens (including phenoxy) is 1. The average Bonchev–Trinajstić information content (AvgIpc) is 2.38. The van der Waals surface area contributed by atoms with Gasteiger partial charge in [0.2, 0.25) is 0 Å². The SMILES string of the molecule is COc1ccc(F)cc1C(=O)CN(C)CC(C)C#N. The first-order valence-corrected chi connectivity index (χ1v) is 5.92. The molecule has 19 heavy (non-hydrogen) atoms. The molecule has 0 aliphatic heterocycles. The van der Waals surface area contributed by atoms with Gasteiger partial charge in [0.15, 0.2) is 5.78 Å². The zero-order valence-electron chi connectivity index (χ0n) is 11.3. The van der Waals surface area contributed by atoms with E-state index in [-0.39, 0.29) is 23.8 Å². The van der Waals surface area contributed by atoms with Crippen LogP contribution >= 0.6 is 0 Å². The lowest BCUT2D eigenvalue weighted by molar-refractivity contribution is 0.0939. The first-order chi connectivity index (χ1) is 8.97. The molecule has 1 aromatic carbocycles.